The smallest absolute Gasteiger partial charge is 0.0731 e. The largest absolute Gasteiger partial charge is 0.143 e. The molecule has 5 aromatic rings. The molecule has 31 heavy (non-hydrogen) atoms. The Hall–Kier alpha value is -2.65. The Kier molecular flexibility index (Phi) is 3.73. The number of hydrogen-bond acceptors (Lipinski definition) is 2. The highest BCUT2D eigenvalue weighted by atomic mass is 35.5. The first kappa shape index (κ1) is 18.0. The van der Waals surface area contributed by atoms with E-state index in [9.17, 15) is 0 Å². The predicted molar refractivity (Wildman–Crippen MR) is 133 cm³/mol. The second kappa shape index (κ2) is 6.43. The Bertz CT molecular complexity index is 1450. The van der Waals surface area contributed by atoms with Gasteiger partial charge in [0.15, 0.2) is 0 Å². The molecule has 7 rings (SSSR count). The molecule has 0 N–H and O–H groups in total. The molecule has 0 saturated carbocycles. The molecule has 0 amide bonds. The van der Waals surface area contributed by atoms with Crippen molar-refractivity contribution in [2.75, 3.05) is 0 Å². The summed E-state index contributed by atoms with van der Waals surface area (Å²) in [6.45, 7) is 0. The molecular weight excluding hydrogens is 436 g/mol. The van der Waals surface area contributed by atoms with Crippen LogP contribution in [0.5, 0.6) is 0 Å². The molecule has 0 bridgehead atoms. The Morgan fingerprint density at radius 2 is 1.35 bits per heavy atom. The van der Waals surface area contributed by atoms with Crippen LogP contribution in [0.4, 0.5) is 0 Å². The van der Waals surface area contributed by atoms with Crippen molar-refractivity contribution in [2.24, 2.45) is 0 Å². The van der Waals surface area contributed by atoms with E-state index in [0.717, 1.165) is 11.4 Å². The lowest BCUT2D eigenvalue weighted by Gasteiger charge is -2.33. The Morgan fingerprint density at radius 1 is 0.645 bits per heavy atom. The highest BCUT2D eigenvalue weighted by Gasteiger charge is 2.48. The fraction of sp³-hybridized carbons (Fsp3) is 0.0714. The van der Waals surface area contributed by atoms with Gasteiger partial charge in [-0.05, 0) is 92.0 Å². The van der Waals surface area contributed by atoms with E-state index >= 15 is 0 Å². The third-order valence-electron chi connectivity index (χ3n) is 6.83. The summed E-state index contributed by atoms with van der Waals surface area (Å²) in [6, 6.07) is 29.0. The lowest BCUT2D eigenvalue weighted by atomic mass is 9.68. The lowest BCUT2D eigenvalue weighted by molar-refractivity contribution is 0.772. The van der Waals surface area contributed by atoms with Gasteiger partial charge < -0.3 is 0 Å². The van der Waals surface area contributed by atoms with Crippen LogP contribution in [0.15, 0.2) is 89.6 Å². The average molecular weight is 453 g/mol. The topological polar surface area (TPSA) is 0 Å². The van der Waals surface area contributed by atoms with E-state index in [-0.39, 0.29) is 5.41 Å². The van der Waals surface area contributed by atoms with Crippen LogP contribution in [0.1, 0.15) is 33.4 Å². The Morgan fingerprint density at radius 3 is 2.13 bits per heavy atom. The Labute approximate surface area is 194 Å². The molecule has 0 aliphatic heterocycles. The number of hydrogen-bond donors (Lipinski definition) is 0. The van der Waals surface area contributed by atoms with Crippen LogP contribution in [0, 0.1) is 0 Å². The van der Waals surface area contributed by atoms with E-state index in [0.29, 0.717) is 0 Å². The number of benzene rings is 3. The predicted octanol–water partition coefficient (Wildman–Crippen LogP) is 8.40. The van der Waals surface area contributed by atoms with Crippen LogP contribution >= 0.6 is 34.3 Å². The summed E-state index contributed by atoms with van der Waals surface area (Å²) >= 11 is 10.2. The molecule has 0 unspecified atom stereocenters. The lowest BCUT2D eigenvalue weighted by Crippen LogP contribution is -2.28. The molecule has 2 aliphatic carbocycles. The molecule has 0 spiro atoms. The van der Waals surface area contributed by atoms with Crippen molar-refractivity contribution in [1.82, 2.24) is 0 Å². The summed E-state index contributed by atoms with van der Waals surface area (Å²) in [5.41, 5.74) is 10.6. The summed E-state index contributed by atoms with van der Waals surface area (Å²) in [4.78, 5) is 2.79. The fourth-order valence-electron chi connectivity index (χ4n) is 5.57. The maximum Gasteiger partial charge on any atom is 0.0731 e. The molecule has 0 radical (unpaired) electrons. The van der Waals surface area contributed by atoms with E-state index in [1.54, 1.807) is 0 Å². The van der Waals surface area contributed by atoms with Gasteiger partial charge in [0, 0.05) is 14.8 Å². The summed E-state index contributed by atoms with van der Waals surface area (Å²) in [6.07, 6.45) is 1.02. The monoisotopic (exact) mass is 452 g/mol. The van der Waals surface area contributed by atoms with Crippen molar-refractivity contribution in [3.05, 3.63) is 128 Å². The van der Waals surface area contributed by atoms with E-state index in [1.165, 1.54) is 54.3 Å². The average Bonchev–Trinajstić information content (AvgIpc) is 3.55. The van der Waals surface area contributed by atoms with Crippen molar-refractivity contribution >= 4 is 34.3 Å². The molecule has 0 nitrogen and oxygen atoms in total. The standard InChI is InChI=1S/C28H17ClS2/c29-21-6-3-5-19(15-21)28(24-10-12-30-26(24)27-25(28)11-13-31-27)20-9-8-18-14-17-4-1-2-7-22(17)23(18)16-20/h1-13,15-16H,14H2. The van der Waals surface area contributed by atoms with Crippen LogP contribution in [0.2, 0.25) is 5.02 Å². The van der Waals surface area contributed by atoms with Gasteiger partial charge in [0.1, 0.15) is 0 Å². The first-order valence-corrected chi connectivity index (χ1v) is 12.5. The molecule has 2 aliphatic rings. The molecular formula is C28H17ClS2. The number of rotatable bonds is 2. The minimum absolute atomic E-state index is 0.331. The van der Waals surface area contributed by atoms with Crippen molar-refractivity contribution in [3.63, 3.8) is 0 Å². The van der Waals surface area contributed by atoms with Gasteiger partial charge in [-0.15, -0.1) is 22.7 Å². The van der Waals surface area contributed by atoms with E-state index in [4.69, 9.17) is 11.6 Å². The zero-order chi connectivity index (χ0) is 20.6. The third-order valence-corrected chi connectivity index (χ3v) is 9.06. The number of thiophene rings is 2. The van der Waals surface area contributed by atoms with Gasteiger partial charge in [-0.3, -0.25) is 0 Å². The van der Waals surface area contributed by atoms with Gasteiger partial charge in [-0.25, -0.2) is 0 Å². The summed E-state index contributed by atoms with van der Waals surface area (Å²) in [7, 11) is 0. The van der Waals surface area contributed by atoms with Crippen molar-refractivity contribution in [3.8, 4) is 20.9 Å². The van der Waals surface area contributed by atoms with Crippen LogP contribution in [0.25, 0.3) is 20.9 Å². The second-order valence-electron chi connectivity index (χ2n) is 8.29. The maximum atomic E-state index is 6.54. The SMILES string of the molecule is Clc1cccc(C2(c3ccc4c(c3)-c3ccccc3C4)c3ccsc3-c3sccc32)c1. The molecule has 0 atom stereocenters. The quantitative estimate of drug-likeness (QED) is 0.247. The first-order valence-electron chi connectivity index (χ1n) is 10.4. The van der Waals surface area contributed by atoms with Crippen molar-refractivity contribution in [1.29, 1.82) is 0 Å². The van der Waals surface area contributed by atoms with E-state index in [1.807, 2.05) is 28.7 Å². The van der Waals surface area contributed by atoms with Gasteiger partial charge in [0.2, 0.25) is 0 Å². The summed E-state index contributed by atoms with van der Waals surface area (Å²) < 4.78 is 0. The molecule has 2 heterocycles. The van der Waals surface area contributed by atoms with Crippen LogP contribution in [-0.4, -0.2) is 0 Å². The third kappa shape index (κ3) is 2.30. The zero-order valence-electron chi connectivity index (χ0n) is 16.6. The number of halogens is 1. The van der Waals surface area contributed by atoms with Crippen molar-refractivity contribution in [2.45, 2.75) is 11.8 Å². The van der Waals surface area contributed by atoms with Crippen LogP contribution in [0.3, 0.4) is 0 Å². The second-order valence-corrected chi connectivity index (χ2v) is 10.6. The Balaban J connectivity index is 1.58. The van der Waals surface area contributed by atoms with Gasteiger partial charge in [-0.1, -0.05) is 60.1 Å². The molecule has 2 aromatic heterocycles. The minimum atomic E-state index is -0.331. The highest BCUT2D eigenvalue weighted by Crippen LogP contribution is 2.60. The maximum absolute atomic E-state index is 6.54. The molecule has 3 aromatic carbocycles. The summed E-state index contributed by atoms with van der Waals surface area (Å²) in [5.74, 6) is 0. The summed E-state index contributed by atoms with van der Waals surface area (Å²) in [5, 5.41) is 5.24. The van der Waals surface area contributed by atoms with Crippen LogP contribution < -0.4 is 0 Å². The number of fused-ring (bicyclic) bond motifs is 6. The fourth-order valence-corrected chi connectivity index (χ4v) is 7.86. The van der Waals surface area contributed by atoms with Gasteiger partial charge >= 0.3 is 0 Å². The van der Waals surface area contributed by atoms with Crippen molar-refractivity contribution < 1.29 is 0 Å². The highest BCUT2D eigenvalue weighted by molar-refractivity contribution is 7.21. The first-order chi connectivity index (χ1) is 15.3. The molecule has 0 fully saturated rings. The van der Waals surface area contributed by atoms with E-state index in [2.05, 4.69) is 83.6 Å². The van der Waals surface area contributed by atoms with Gasteiger partial charge in [0.25, 0.3) is 0 Å². The minimum Gasteiger partial charge on any atom is -0.143 e. The van der Waals surface area contributed by atoms with E-state index < -0.39 is 0 Å². The normalized spacial score (nSPS) is 14.7. The van der Waals surface area contributed by atoms with Gasteiger partial charge in [-0.2, -0.15) is 0 Å². The molecule has 148 valence electrons. The molecule has 0 saturated heterocycles. The zero-order valence-corrected chi connectivity index (χ0v) is 19.0. The van der Waals surface area contributed by atoms with Gasteiger partial charge in [0.05, 0.1) is 5.41 Å². The van der Waals surface area contributed by atoms with Crippen LogP contribution in [-0.2, 0) is 11.8 Å². The molecule has 3 heteroatoms.